The SMILES string of the molecule is O=C1c2ccc3c4ccc5c6c(ccc(c7ccc(c2c37)C(=O)N1CCCSCCSCCS)c64)C(=O)N(CCCSCCSCCS)C5=O. The van der Waals surface area contributed by atoms with Crippen LogP contribution in [0, 0.1) is 0 Å². The average molecular weight is 779 g/mol. The molecular formula is C38H38N2O4S6. The molecule has 5 aromatic rings. The maximum absolute atomic E-state index is 13.8. The average Bonchev–Trinajstić information content (AvgIpc) is 3.13. The van der Waals surface area contributed by atoms with Gasteiger partial charge in [-0.1, -0.05) is 24.3 Å². The lowest BCUT2D eigenvalue weighted by atomic mass is 9.82. The zero-order chi connectivity index (χ0) is 34.8. The van der Waals surface area contributed by atoms with Crippen LogP contribution in [0.15, 0.2) is 48.5 Å². The number of carbonyl (C=O) groups is 4. The van der Waals surface area contributed by atoms with Crippen LogP contribution in [0.5, 0.6) is 0 Å². The quantitative estimate of drug-likeness (QED) is 0.0302. The first-order valence-corrected chi connectivity index (χ1v) is 22.8. The summed E-state index contributed by atoms with van der Waals surface area (Å²) in [4.78, 5) is 58.1. The minimum Gasteiger partial charge on any atom is -0.274 e. The number of fused-ring (bicyclic) bond motifs is 2. The van der Waals surface area contributed by atoms with Gasteiger partial charge in [0.1, 0.15) is 0 Å². The van der Waals surface area contributed by atoms with Gasteiger partial charge in [0.2, 0.25) is 0 Å². The third-order valence-electron chi connectivity index (χ3n) is 9.36. The van der Waals surface area contributed by atoms with Crippen molar-refractivity contribution in [3.63, 3.8) is 0 Å². The van der Waals surface area contributed by atoms with Crippen LogP contribution in [0.2, 0.25) is 0 Å². The van der Waals surface area contributed by atoms with Crippen molar-refractivity contribution in [3.8, 4) is 0 Å². The molecule has 0 aromatic heterocycles. The highest BCUT2D eigenvalue weighted by molar-refractivity contribution is 8.03. The molecule has 0 saturated heterocycles. The number of thiol groups is 2. The van der Waals surface area contributed by atoms with Crippen molar-refractivity contribution in [1.82, 2.24) is 9.80 Å². The number of benzene rings is 5. The van der Waals surface area contributed by atoms with Crippen LogP contribution in [0.1, 0.15) is 54.3 Å². The summed E-state index contributed by atoms with van der Waals surface area (Å²) in [6, 6.07) is 15.2. The summed E-state index contributed by atoms with van der Waals surface area (Å²) >= 11 is 16.0. The van der Waals surface area contributed by atoms with E-state index >= 15 is 0 Å². The van der Waals surface area contributed by atoms with Crippen LogP contribution < -0.4 is 0 Å². The van der Waals surface area contributed by atoms with E-state index in [1.807, 2.05) is 95.6 Å². The molecule has 2 aliphatic heterocycles. The van der Waals surface area contributed by atoms with Crippen molar-refractivity contribution < 1.29 is 19.2 Å². The summed E-state index contributed by atoms with van der Waals surface area (Å²) in [7, 11) is 0. The molecule has 0 fully saturated rings. The second kappa shape index (κ2) is 16.2. The molecule has 0 N–H and O–H groups in total. The van der Waals surface area contributed by atoms with Crippen LogP contribution in [-0.4, -0.2) is 104 Å². The molecule has 0 bridgehead atoms. The minimum absolute atomic E-state index is 0.251. The fraction of sp³-hybridized carbons (Fsp3) is 0.368. The summed E-state index contributed by atoms with van der Waals surface area (Å²) in [6.45, 7) is 0.779. The normalized spacial score (nSPS) is 14.5. The molecule has 4 amide bonds. The Kier molecular flexibility index (Phi) is 11.7. The third-order valence-corrected chi connectivity index (χ3v) is 15.0. The van der Waals surface area contributed by atoms with Gasteiger partial charge in [0.15, 0.2) is 0 Å². The number of imide groups is 2. The molecule has 2 heterocycles. The fourth-order valence-electron chi connectivity index (χ4n) is 7.20. The van der Waals surface area contributed by atoms with E-state index in [0.29, 0.717) is 46.1 Å². The Hall–Kier alpha value is -2.22. The smallest absolute Gasteiger partial charge is 0.261 e. The second-order valence-corrected chi connectivity index (χ2v) is 18.1. The predicted molar refractivity (Wildman–Crippen MR) is 225 cm³/mol. The minimum atomic E-state index is -0.251. The van der Waals surface area contributed by atoms with Crippen molar-refractivity contribution in [1.29, 1.82) is 0 Å². The fourth-order valence-corrected chi connectivity index (χ4v) is 11.6. The lowest BCUT2D eigenvalue weighted by molar-refractivity contribution is 0.0596. The monoisotopic (exact) mass is 778 g/mol. The molecule has 7 rings (SSSR count). The van der Waals surface area contributed by atoms with Crippen LogP contribution in [0.25, 0.3) is 43.1 Å². The summed E-state index contributed by atoms with van der Waals surface area (Å²) < 4.78 is 0. The van der Waals surface area contributed by atoms with E-state index in [9.17, 15) is 19.2 Å². The second-order valence-electron chi connectivity index (χ2n) is 12.3. The zero-order valence-corrected chi connectivity index (χ0v) is 32.6. The maximum atomic E-state index is 13.8. The van der Waals surface area contributed by atoms with E-state index in [1.54, 1.807) is 0 Å². The number of nitrogens with zero attached hydrogens (tertiary/aromatic N) is 2. The number of hydrogen-bond acceptors (Lipinski definition) is 10. The Balaban J connectivity index is 1.17. The van der Waals surface area contributed by atoms with E-state index in [-0.39, 0.29) is 23.6 Å². The highest BCUT2D eigenvalue weighted by atomic mass is 32.2. The third kappa shape index (κ3) is 6.62. The van der Waals surface area contributed by atoms with Crippen molar-refractivity contribution in [2.24, 2.45) is 0 Å². The molecule has 6 nitrogen and oxygen atoms in total. The summed E-state index contributed by atoms with van der Waals surface area (Å²) in [6.07, 6.45) is 1.50. The largest absolute Gasteiger partial charge is 0.274 e. The van der Waals surface area contributed by atoms with Crippen molar-refractivity contribution in [2.75, 3.05) is 70.6 Å². The van der Waals surface area contributed by atoms with Crippen LogP contribution in [-0.2, 0) is 0 Å². The lowest BCUT2D eigenvalue weighted by Crippen LogP contribution is -2.41. The van der Waals surface area contributed by atoms with Gasteiger partial charge in [-0.15, -0.1) is 0 Å². The molecule has 12 heteroatoms. The Labute approximate surface area is 320 Å². The van der Waals surface area contributed by atoms with Gasteiger partial charge < -0.3 is 0 Å². The molecule has 0 atom stereocenters. The van der Waals surface area contributed by atoms with Gasteiger partial charge in [-0.05, 0) is 92.4 Å². The molecule has 2 aliphatic rings. The van der Waals surface area contributed by atoms with E-state index in [2.05, 4.69) is 25.3 Å². The summed E-state index contributed by atoms with van der Waals surface area (Å²) in [5.74, 6) is 8.88. The first kappa shape index (κ1) is 36.2. The van der Waals surface area contributed by atoms with Gasteiger partial charge in [0, 0.05) is 80.6 Å². The van der Waals surface area contributed by atoms with Crippen molar-refractivity contribution in [2.45, 2.75) is 12.8 Å². The number of rotatable bonds is 18. The van der Waals surface area contributed by atoms with Gasteiger partial charge in [0.05, 0.1) is 0 Å². The molecule has 260 valence electrons. The Morgan fingerprint density at radius 3 is 1.00 bits per heavy atom. The first-order chi connectivity index (χ1) is 24.5. The molecule has 50 heavy (non-hydrogen) atoms. The lowest BCUT2D eigenvalue weighted by Gasteiger charge is -2.30. The molecule has 0 aliphatic carbocycles. The van der Waals surface area contributed by atoms with Gasteiger partial charge >= 0.3 is 0 Å². The van der Waals surface area contributed by atoms with Gasteiger partial charge in [0.25, 0.3) is 23.6 Å². The van der Waals surface area contributed by atoms with Crippen LogP contribution in [0.4, 0.5) is 0 Å². The number of carbonyl (C=O) groups excluding carboxylic acids is 4. The Bertz CT molecular complexity index is 1850. The number of hydrogen-bond donors (Lipinski definition) is 2. The summed E-state index contributed by atoms with van der Waals surface area (Å²) in [5, 5.41) is 6.77. The standard InChI is InChI=1S/C38H38N2O4S6/c41-35-27-7-3-23-25-5-9-29-34-30(38(44)40(37(29)43)12-2-16-48-20-22-50-18-14-46)10-6-26(32(25)34)24-4-8-28(33(27)31(23)24)36(42)39(35)11-1-15-47-19-21-49-17-13-45/h3-10,45-46H,1-2,11-22H2. The Morgan fingerprint density at radius 2 is 0.700 bits per heavy atom. The maximum Gasteiger partial charge on any atom is 0.261 e. The van der Waals surface area contributed by atoms with Crippen LogP contribution >= 0.6 is 72.3 Å². The molecule has 0 saturated carbocycles. The van der Waals surface area contributed by atoms with Gasteiger partial charge in [-0.2, -0.15) is 72.3 Å². The van der Waals surface area contributed by atoms with Gasteiger partial charge in [-0.3, -0.25) is 29.0 Å². The van der Waals surface area contributed by atoms with Crippen molar-refractivity contribution in [3.05, 3.63) is 70.8 Å². The highest BCUT2D eigenvalue weighted by Crippen LogP contribution is 2.46. The predicted octanol–water partition coefficient (Wildman–Crippen LogP) is 8.50. The topological polar surface area (TPSA) is 74.8 Å². The summed E-state index contributed by atoms with van der Waals surface area (Å²) in [5.41, 5.74) is 2.17. The van der Waals surface area contributed by atoms with E-state index in [1.165, 1.54) is 9.80 Å². The molecule has 5 aromatic carbocycles. The van der Waals surface area contributed by atoms with Crippen LogP contribution in [0.3, 0.4) is 0 Å². The van der Waals surface area contributed by atoms with E-state index in [0.717, 1.165) is 103 Å². The molecular weight excluding hydrogens is 741 g/mol. The molecule has 0 radical (unpaired) electrons. The first-order valence-electron chi connectivity index (χ1n) is 16.9. The van der Waals surface area contributed by atoms with Gasteiger partial charge in [-0.25, -0.2) is 0 Å². The zero-order valence-electron chi connectivity index (χ0n) is 27.6. The Morgan fingerprint density at radius 1 is 0.400 bits per heavy atom. The molecule has 0 unspecified atom stereocenters. The van der Waals surface area contributed by atoms with Crippen molar-refractivity contribution >= 4 is 139 Å². The molecule has 0 spiro atoms. The number of thioether (sulfide) groups is 4. The highest BCUT2D eigenvalue weighted by Gasteiger charge is 2.36. The van der Waals surface area contributed by atoms with E-state index < -0.39 is 0 Å². The number of amides is 4. The van der Waals surface area contributed by atoms with E-state index in [4.69, 9.17) is 0 Å².